The molecule has 1 saturated heterocycles. The second kappa shape index (κ2) is 8.26. The number of ether oxygens (including phenoxy) is 2. The molecule has 1 unspecified atom stereocenters. The van der Waals surface area contributed by atoms with E-state index in [1.54, 1.807) is 11.0 Å². The summed E-state index contributed by atoms with van der Waals surface area (Å²) in [7, 11) is 1.39. The van der Waals surface area contributed by atoms with E-state index in [0.717, 1.165) is 25.4 Å². The average molecular weight is 389 g/mol. The lowest BCUT2D eigenvalue weighted by molar-refractivity contribution is 0.0709. The van der Waals surface area contributed by atoms with Crippen molar-refractivity contribution in [2.45, 2.75) is 38.1 Å². The first kappa shape index (κ1) is 18.9. The summed E-state index contributed by atoms with van der Waals surface area (Å²) in [5.74, 6) is 1.03. The molecule has 2 aromatic rings. The minimum Gasteiger partial charge on any atom is -0.494 e. The van der Waals surface area contributed by atoms with E-state index in [2.05, 4.69) is 10.1 Å². The number of rotatable bonds is 8. The molecule has 1 aliphatic heterocycles. The molecule has 1 aromatic heterocycles. The Balaban J connectivity index is 1.40. The van der Waals surface area contributed by atoms with Crippen molar-refractivity contribution in [2.75, 3.05) is 26.9 Å². The lowest BCUT2D eigenvalue weighted by Gasteiger charge is -2.22. The summed E-state index contributed by atoms with van der Waals surface area (Å²) >= 11 is 0. The van der Waals surface area contributed by atoms with Gasteiger partial charge in [0.15, 0.2) is 17.4 Å². The smallest absolute Gasteiger partial charge is 0.254 e. The van der Waals surface area contributed by atoms with E-state index < -0.39 is 5.82 Å². The van der Waals surface area contributed by atoms with Crippen molar-refractivity contribution >= 4 is 5.91 Å². The predicted molar refractivity (Wildman–Crippen MR) is 97.5 cm³/mol. The first-order chi connectivity index (χ1) is 13.7. The van der Waals surface area contributed by atoms with Gasteiger partial charge >= 0.3 is 0 Å². The van der Waals surface area contributed by atoms with Crippen LogP contribution in [0.4, 0.5) is 4.39 Å². The molecule has 8 heteroatoms. The molecule has 0 radical (unpaired) electrons. The molecule has 1 amide bonds. The van der Waals surface area contributed by atoms with Crippen LogP contribution in [-0.2, 0) is 11.2 Å². The molecule has 0 N–H and O–H groups in total. The van der Waals surface area contributed by atoms with E-state index in [0.29, 0.717) is 31.3 Å². The molecule has 4 rings (SSSR count). The summed E-state index contributed by atoms with van der Waals surface area (Å²) < 4.78 is 29.9. The highest BCUT2D eigenvalue weighted by molar-refractivity contribution is 5.94. The Morgan fingerprint density at radius 3 is 2.96 bits per heavy atom. The Morgan fingerprint density at radius 2 is 2.21 bits per heavy atom. The number of hydrogen-bond acceptors (Lipinski definition) is 6. The third-order valence-corrected chi connectivity index (χ3v) is 5.20. The van der Waals surface area contributed by atoms with Crippen molar-refractivity contribution in [3.63, 3.8) is 0 Å². The van der Waals surface area contributed by atoms with Crippen LogP contribution < -0.4 is 4.74 Å². The van der Waals surface area contributed by atoms with Crippen LogP contribution in [0.25, 0.3) is 0 Å². The van der Waals surface area contributed by atoms with Crippen molar-refractivity contribution in [1.82, 2.24) is 15.0 Å². The standard InChI is InChI=1S/C20H24FN3O4/c1-26-17-7-6-14(11-15(17)21)20(25)24-9-2-3-16(24)19-22-18(23-28-19)8-10-27-12-13-4-5-13/h6-7,11,13,16H,2-5,8-10,12H2,1H3. The molecule has 1 aliphatic carbocycles. The third kappa shape index (κ3) is 4.16. The van der Waals surface area contributed by atoms with Crippen LogP contribution in [0.5, 0.6) is 5.75 Å². The first-order valence-electron chi connectivity index (χ1n) is 9.70. The number of aromatic nitrogens is 2. The van der Waals surface area contributed by atoms with Gasteiger partial charge in [0.05, 0.1) is 13.7 Å². The van der Waals surface area contributed by atoms with Crippen LogP contribution >= 0.6 is 0 Å². The minimum atomic E-state index is -0.560. The molecule has 28 heavy (non-hydrogen) atoms. The molecule has 2 aliphatic rings. The normalized spacial score (nSPS) is 19.2. The predicted octanol–water partition coefficient (Wildman–Crippen LogP) is 3.16. The number of halogens is 1. The van der Waals surface area contributed by atoms with E-state index in [1.807, 2.05) is 0 Å². The largest absolute Gasteiger partial charge is 0.494 e. The molecule has 150 valence electrons. The van der Waals surface area contributed by atoms with E-state index in [4.69, 9.17) is 14.0 Å². The van der Waals surface area contributed by atoms with Crippen molar-refractivity contribution in [2.24, 2.45) is 5.92 Å². The maximum atomic E-state index is 14.0. The molecule has 7 nitrogen and oxygen atoms in total. The fraction of sp³-hybridized carbons (Fsp3) is 0.550. The quantitative estimate of drug-likeness (QED) is 0.646. The van der Waals surface area contributed by atoms with Crippen LogP contribution in [0.15, 0.2) is 22.7 Å². The van der Waals surface area contributed by atoms with Gasteiger partial charge in [-0.1, -0.05) is 5.16 Å². The Kier molecular flexibility index (Phi) is 5.57. The zero-order valence-electron chi connectivity index (χ0n) is 15.9. The Morgan fingerprint density at radius 1 is 1.36 bits per heavy atom. The van der Waals surface area contributed by atoms with E-state index in [-0.39, 0.29) is 23.3 Å². The van der Waals surface area contributed by atoms with Gasteiger partial charge in [0.1, 0.15) is 6.04 Å². The Hall–Kier alpha value is -2.48. The monoisotopic (exact) mass is 389 g/mol. The Bertz CT molecular complexity index is 837. The highest BCUT2D eigenvalue weighted by Crippen LogP contribution is 2.33. The second-order valence-corrected chi connectivity index (χ2v) is 7.32. The molecule has 2 fully saturated rings. The van der Waals surface area contributed by atoms with Gasteiger partial charge < -0.3 is 18.9 Å². The first-order valence-corrected chi connectivity index (χ1v) is 9.70. The van der Waals surface area contributed by atoms with Crippen molar-refractivity contribution in [3.8, 4) is 5.75 Å². The molecule has 1 atom stereocenters. The third-order valence-electron chi connectivity index (χ3n) is 5.20. The van der Waals surface area contributed by atoms with Crippen molar-refractivity contribution < 1.29 is 23.2 Å². The molecule has 0 bridgehead atoms. The van der Waals surface area contributed by atoms with Gasteiger partial charge in [0, 0.05) is 25.1 Å². The van der Waals surface area contributed by atoms with Crippen molar-refractivity contribution in [1.29, 1.82) is 0 Å². The molecule has 1 saturated carbocycles. The number of nitrogens with zero attached hydrogens (tertiary/aromatic N) is 3. The molecule has 0 spiro atoms. The number of amides is 1. The van der Waals surface area contributed by atoms with E-state index >= 15 is 0 Å². The highest BCUT2D eigenvalue weighted by atomic mass is 19.1. The minimum absolute atomic E-state index is 0.111. The van der Waals surface area contributed by atoms with Crippen molar-refractivity contribution in [3.05, 3.63) is 41.3 Å². The summed E-state index contributed by atoms with van der Waals surface area (Å²) in [5.41, 5.74) is 0.276. The van der Waals surface area contributed by atoms with Gasteiger partial charge in [0.25, 0.3) is 5.91 Å². The highest BCUT2D eigenvalue weighted by Gasteiger charge is 2.34. The maximum Gasteiger partial charge on any atom is 0.254 e. The van der Waals surface area contributed by atoms with E-state index in [9.17, 15) is 9.18 Å². The number of methoxy groups -OCH3 is 1. The number of carbonyl (C=O) groups is 1. The summed E-state index contributed by atoms with van der Waals surface area (Å²) in [4.78, 5) is 19.0. The van der Waals surface area contributed by atoms with Gasteiger partial charge in [-0.15, -0.1) is 0 Å². The maximum absolute atomic E-state index is 14.0. The summed E-state index contributed by atoms with van der Waals surface area (Å²) in [5, 5.41) is 4.02. The fourth-order valence-electron chi connectivity index (χ4n) is 3.43. The summed E-state index contributed by atoms with van der Waals surface area (Å²) in [6, 6.07) is 3.94. The Labute approximate surface area is 162 Å². The topological polar surface area (TPSA) is 77.7 Å². The number of benzene rings is 1. The van der Waals surface area contributed by atoms with Gasteiger partial charge in [-0.05, 0) is 49.8 Å². The van der Waals surface area contributed by atoms with Gasteiger partial charge in [-0.3, -0.25) is 4.79 Å². The second-order valence-electron chi connectivity index (χ2n) is 7.32. The number of carbonyl (C=O) groups excluding carboxylic acids is 1. The van der Waals surface area contributed by atoms with Crippen LogP contribution in [0.1, 0.15) is 53.8 Å². The lowest BCUT2D eigenvalue weighted by atomic mass is 10.1. The molecule has 1 aromatic carbocycles. The van der Waals surface area contributed by atoms with Gasteiger partial charge in [0.2, 0.25) is 5.89 Å². The fourth-order valence-corrected chi connectivity index (χ4v) is 3.43. The summed E-state index contributed by atoms with van der Waals surface area (Å²) in [6.45, 7) is 1.93. The lowest BCUT2D eigenvalue weighted by Crippen LogP contribution is -2.30. The SMILES string of the molecule is COc1ccc(C(=O)N2CCCC2c2nc(CCOCC3CC3)no2)cc1F. The molecular formula is C20H24FN3O4. The average Bonchev–Trinajstić information content (AvgIpc) is 3.19. The number of hydrogen-bond donors (Lipinski definition) is 0. The van der Waals surface area contributed by atoms with Crippen LogP contribution in [0.2, 0.25) is 0 Å². The zero-order valence-corrected chi connectivity index (χ0v) is 15.9. The molecule has 2 heterocycles. The van der Waals surface area contributed by atoms with Crippen LogP contribution in [-0.4, -0.2) is 47.8 Å². The van der Waals surface area contributed by atoms with Crippen LogP contribution in [0, 0.1) is 11.7 Å². The zero-order chi connectivity index (χ0) is 19.5. The molecular weight excluding hydrogens is 365 g/mol. The number of likely N-dealkylation sites (tertiary alicyclic amines) is 1. The van der Waals surface area contributed by atoms with Gasteiger partial charge in [-0.25, -0.2) is 4.39 Å². The van der Waals surface area contributed by atoms with Crippen LogP contribution in [0.3, 0.4) is 0 Å². The summed E-state index contributed by atoms with van der Waals surface area (Å²) in [6.07, 6.45) is 4.67. The van der Waals surface area contributed by atoms with Gasteiger partial charge in [-0.2, -0.15) is 4.98 Å². The van der Waals surface area contributed by atoms with E-state index in [1.165, 1.54) is 32.1 Å².